The van der Waals surface area contributed by atoms with E-state index in [4.69, 9.17) is 23.2 Å². The SMILES string of the molecule is Cc1cc(C)cc(NC(=O)C2CC(=O)N(c3cc(Cl)cc(Cl)c3)C2)c1. The normalized spacial score (nSPS) is 17.0. The van der Waals surface area contributed by atoms with Crippen LogP contribution in [-0.2, 0) is 9.59 Å². The molecule has 1 saturated heterocycles. The molecule has 2 aromatic rings. The molecule has 130 valence electrons. The molecule has 2 aromatic carbocycles. The third-order valence-corrected chi connectivity index (χ3v) is 4.58. The fourth-order valence-corrected chi connectivity index (χ4v) is 3.63. The molecule has 1 atom stereocenters. The van der Waals surface area contributed by atoms with Crippen molar-refractivity contribution in [1.29, 1.82) is 0 Å². The van der Waals surface area contributed by atoms with E-state index < -0.39 is 5.92 Å². The number of amides is 2. The van der Waals surface area contributed by atoms with Crippen molar-refractivity contribution in [1.82, 2.24) is 0 Å². The second-order valence-corrected chi connectivity index (χ2v) is 7.27. The number of hydrogen-bond acceptors (Lipinski definition) is 2. The molecule has 0 saturated carbocycles. The van der Waals surface area contributed by atoms with E-state index in [1.807, 2.05) is 32.0 Å². The second-order valence-electron chi connectivity index (χ2n) is 6.40. The molecule has 1 unspecified atom stereocenters. The van der Waals surface area contributed by atoms with Crippen LogP contribution >= 0.6 is 23.2 Å². The van der Waals surface area contributed by atoms with Gasteiger partial charge in [-0.15, -0.1) is 0 Å². The van der Waals surface area contributed by atoms with Crippen LogP contribution in [0, 0.1) is 19.8 Å². The molecule has 1 aliphatic heterocycles. The molecule has 1 fully saturated rings. The molecule has 0 aliphatic carbocycles. The highest BCUT2D eigenvalue weighted by Gasteiger charge is 2.35. The van der Waals surface area contributed by atoms with Crippen LogP contribution in [0.1, 0.15) is 17.5 Å². The standard InChI is InChI=1S/C19H18Cl2N2O2/c1-11-3-12(2)5-16(4-11)22-19(25)13-6-18(24)23(10-13)17-8-14(20)7-15(21)9-17/h3-5,7-9,13H,6,10H2,1-2H3,(H,22,25). The van der Waals surface area contributed by atoms with Gasteiger partial charge in [-0.2, -0.15) is 0 Å². The number of hydrogen-bond donors (Lipinski definition) is 1. The van der Waals surface area contributed by atoms with Crippen LogP contribution < -0.4 is 10.2 Å². The smallest absolute Gasteiger partial charge is 0.229 e. The first-order valence-corrected chi connectivity index (χ1v) is 8.73. The number of nitrogens with one attached hydrogen (secondary N) is 1. The highest BCUT2D eigenvalue weighted by atomic mass is 35.5. The lowest BCUT2D eigenvalue weighted by Gasteiger charge is -2.17. The Labute approximate surface area is 156 Å². The maximum Gasteiger partial charge on any atom is 0.229 e. The van der Waals surface area contributed by atoms with Crippen LogP contribution in [0.25, 0.3) is 0 Å². The zero-order chi connectivity index (χ0) is 18.1. The minimum atomic E-state index is -0.411. The van der Waals surface area contributed by atoms with Gasteiger partial charge in [-0.05, 0) is 55.3 Å². The van der Waals surface area contributed by atoms with Gasteiger partial charge in [-0.1, -0.05) is 29.3 Å². The monoisotopic (exact) mass is 376 g/mol. The van der Waals surface area contributed by atoms with Crippen molar-refractivity contribution in [2.24, 2.45) is 5.92 Å². The maximum absolute atomic E-state index is 12.6. The van der Waals surface area contributed by atoms with E-state index in [0.29, 0.717) is 22.3 Å². The van der Waals surface area contributed by atoms with Gasteiger partial charge in [0, 0.05) is 34.4 Å². The van der Waals surface area contributed by atoms with Crippen LogP contribution in [0.4, 0.5) is 11.4 Å². The van der Waals surface area contributed by atoms with Crippen molar-refractivity contribution in [3.63, 3.8) is 0 Å². The molecule has 1 aliphatic rings. The zero-order valence-corrected chi connectivity index (χ0v) is 15.5. The molecule has 25 heavy (non-hydrogen) atoms. The molecule has 0 spiro atoms. The summed E-state index contributed by atoms with van der Waals surface area (Å²) in [5.41, 5.74) is 3.52. The van der Waals surface area contributed by atoms with Crippen molar-refractivity contribution in [2.75, 3.05) is 16.8 Å². The van der Waals surface area contributed by atoms with Crippen LogP contribution in [0.3, 0.4) is 0 Å². The Bertz CT molecular complexity index is 811. The molecule has 6 heteroatoms. The zero-order valence-electron chi connectivity index (χ0n) is 14.0. The van der Waals surface area contributed by atoms with Gasteiger partial charge in [0.25, 0.3) is 0 Å². The lowest BCUT2D eigenvalue weighted by Crippen LogP contribution is -2.28. The van der Waals surface area contributed by atoms with E-state index >= 15 is 0 Å². The summed E-state index contributed by atoms with van der Waals surface area (Å²) in [6, 6.07) is 10.8. The van der Waals surface area contributed by atoms with Crippen molar-refractivity contribution < 1.29 is 9.59 Å². The van der Waals surface area contributed by atoms with Crippen molar-refractivity contribution in [3.8, 4) is 0 Å². The van der Waals surface area contributed by atoms with Crippen LogP contribution in [0.5, 0.6) is 0 Å². The molecule has 0 aromatic heterocycles. The highest BCUT2D eigenvalue weighted by Crippen LogP contribution is 2.30. The van der Waals surface area contributed by atoms with Gasteiger partial charge in [-0.3, -0.25) is 9.59 Å². The van der Waals surface area contributed by atoms with Crippen molar-refractivity contribution >= 4 is 46.4 Å². The fraction of sp³-hybridized carbons (Fsp3) is 0.263. The van der Waals surface area contributed by atoms with Crippen LogP contribution in [0.15, 0.2) is 36.4 Å². The summed E-state index contributed by atoms with van der Waals surface area (Å²) < 4.78 is 0. The molecule has 0 bridgehead atoms. The summed E-state index contributed by atoms with van der Waals surface area (Å²) in [4.78, 5) is 26.4. The Kier molecular flexibility index (Phi) is 5.02. The summed E-state index contributed by atoms with van der Waals surface area (Å²) in [5, 5.41) is 3.82. The van der Waals surface area contributed by atoms with Crippen molar-refractivity contribution in [2.45, 2.75) is 20.3 Å². The minimum Gasteiger partial charge on any atom is -0.326 e. The predicted octanol–water partition coefficient (Wildman–Crippen LogP) is 4.60. The van der Waals surface area contributed by atoms with Gasteiger partial charge >= 0.3 is 0 Å². The van der Waals surface area contributed by atoms with E-state index in [1.165, 1.54) is 0 Å². The van der Waals surface area contributed by atoms with E-state index in [0.717, 1.165) is 16.8 Å². The molecule has 1 heterocycles. The van der Waals surface area contributed by atoms with Crippen molar-refractivity contribution in [3.05, 3.63) is 57.6 Å². The van der Waals surface area contributed by atoms with E-state index in [2.05, 4.69) is 5.32 Å². The number of rotatable bonds is 3. The highest BCUT2D eigenvalue weighted by molar-refractivity contribution is 6.35. The van der Waals surface area contributed by atoms with Crippen LogP contribution in [0.2, 0.25) is 10.0 Å². The largest absolute Gasteiger partial charge is 0.326 e. The van der Waals surface area contributed by atoms with Gasteiger partial charge in [0.2, 0.25) is 11.8 Å². The number of halogens is 2. The fourth-order valence-electron chi connectivity index (χ4n) is 3.12. The average Bonchev–Trinajstić information content (AvgIpc) is 2.87. The van der Waals surface area contributed by atoms with Gasteiger partial charge in [0.15, 0.2) is 0 Å². The third kappa shape index (κ3) is 4.14. The summed E-state index contributed by atoms with van der Waals surface area (Å²) >= 11 is 12.0. The first-order chi connectivity index (χ1) is 11.8. The summed E-state index contributed by atoms with van der Waals surface area (Å²) in [7, 11) is 0. The second kappa shape index (κ2) is 7.06. The Morgan fingerprint density at radius 3 is 2.24 bits per heavy atom. The molecule has 0 radical (unpaired) electrons. The lowest BCUT2D eigenvalue weighted by atomic mass is 10.1. The molecular formula is C19H18Cl2N2O2. The van der Waals surface area contributed by atoms with Crippen LogP contribution in [-0.4, -0.2) is 18.4 Å². The summed E-state index contributed by atoms with van der Waals surface area (Å²) in [6.07, 6.45) is 0.167. The Morgan fingerprint density at radius 2 is 1.64 bits per heavy atom. The Morgan fingerprint density at radius 1 is 1.04 bits per heavy atom. The summed E-state index contributed by atoms with van der Waals surface area (Å²) in [5.74, 6) is -0.682. The summed E-state index contributed by atoms with van der Waals surface area (Å²) in [6.45, 7) is 4.27. The minimum absolute atomic E-state index is 0.112. The van der Waals surface area contributed by atoms with Gasteiger partial charge in [0.1, 0.15) is 0 Å². The van der Waals surface area contributed by atoms with Gasteiger partial charge in [0.05, 0.1) is 5.92 Å². The quantitative estimate of drug-likeness (QED) is 0.850. The third-order valence-electron chi connectivity index (χ3n) is 4.14. The maximum atomic E-state index is 12.6. The topological polar surface area (TPSA) is 49.4 Å². The number of carbonyl (C=O) groups excluding carboxylic acids is 2. The number of anilines is 2. The molecule has 3 rings (SSSR count). The molecule has 2 amide bonds. The van der Waals surface area contributed by atoms with Gasteiger partial charge in [-0.25, -0.2) is 0 Å². The average molecular weight is 377 g/mol. The Balaban J connectivity index is 1.74. The predicted molar refractivity (Wildman–Crippen MR) is 101 cm³/mol. The molecule has 1 N–H and O–H groups in total. The number of carbonyl (C=O) groups is 2. The number of nitrogens with zero attached hydrogens (tertiary/aromatic N) is 1. The van der Waals surface area contributed by atoms with E-state index in [1.54, 1.807) is 23.1 Å². The molecular weight excluding hydrogens is 359 g/mol. The number of benzene rings is 2. The number of aryl methyl sites for hydroxylation is 2. The lowest BCUT2D eigenvalue weighted by molar-refractivity contribution is -0.122. The van der Waals surface area contributed by atoms with E-state index in [-0.39, 0.29) is 18.2 Å². The molecule has 4 nitrogen and oxygen atoms in total. The van der Waals surface area contributed by atoms with E-state index in [9.17, 15) is 9.59 Å². The Hall–Kier alpha value is -2.04. The first kappa shape index (κ1) is 17.8. The van der Waals surface area contributed by atoms with Gasteiger partial charge < -0.3 is 10.2 Å². The first-order valence-electron chi connectivity index (χ1n) is 7.97.